The molecule has 1 nitrogen and oxygen atoms in total. The number of hydrogen-bond acceptors (Lipinski definition) is 2. The summed E-state index contributed by atoms with van der Waals surface area (Å²) in [7, 11) is 0. The van der Waals surface area contributed by atoms with Gasteiger partial charge in [0.2, 0.25) is 0 Å². The zero-order chi connectivity index (χ0) is 12.1. The van der Waals surface area contributed by atoms with Crippen molar-refractivity contribution < 1.29 is 0 Å². The molecule has 17 heavy (non-hydrogen) atoms. The standard InChI is InChI=1S/C15H19NS/c1-3-10-16-11-13-6-4-5-7-14(13)15-9-8-12(2)17-15/h4-9,16H,3,10-11H2,1-2H3. The van der Waals surface area contributed by atoms with Gasteiger partial charge in [0.25, 0.3) is 0 Å². The van der Waals surface area contributed by atoms with Gasteiger partial charge in [0.05, 0.1) is 0 Å². The van der Waals surface area contributed by atoms with Crippen molar-refractivity contribution in [3.05, 3.63) is 46.8 Å². The maximum Gasteiger partial charge on any atom is 0.0348 e. The summed E-state index contributed by atoms with van der Waals surface area (Å²) in [5.74, 6) is 0. The fraction of sp³-hybridized carbons (Fsp3) is 0.333. The number of rotatable bonds is 5. The van der Waals surface area contributed by atoms with Gasteiger partial charge in [-0.3, -0.25) is 0 Å². The SMILES string of the molecule is CCCNCc1ccccc1-c1ccc(C)s1. The first-order valence-corrected chi connectivity index (χ1v) is 6.98. The molecule has 90 valence electrons. The molecule has 1 heterocycles. The lowest BCUT2D eigenvalue weighted by atomic mass is 10.1. The van der Waals surface area contributed by atoms with Gasteiger partial charge < -0.3 is 5.32 Å². The fourth-order valence-corrected chi connectivity index (χ4v) is 2.82. The van der Waals surface area contributed by atoms with Crippen molar-refractivity contribution >= 4 is 11.3 Å². The van der Waals surface area contributed by atoms with E-state index in [2.05, 4.69) is 55.6 Å². The molecule has 2 rings (SSSR count). The Kier molecular flexibility index (Phi) is 4.35. The average Bonchev–Trinajstić information content (AvgIpc) is 2.77. The Morgan fingerprint density at radius 2 is 1.94 bits per heavy atom. The van der Waals surface area contributed by atoms with Gasteiger partial charge in [-0.25, -0.2) is 0 Å². The lowest BCUT2D eigenvalue weighted by Crippen LogP contribution is -2.14. The van der Waals surface area contributed by atoms with Crippen molar-refractivity contribution in [3.63, 3.8) is 0 Å². The molecule has 0 aliphatic carbocycles. The van der Waals surface area contributed by atoms with Crippen molar-refractivity contribution in [2.75, 3.05) is 6.54 Å². The minimum Gasteiger partial charge on any atom is -0.313 e. The second-order valence-electron chi connectivity index (χ2n) is 4.24. The molecule has 0 radical (unpaired) electrons. The van der Waals surface area contributed by atoms with E-state index in [1.807, 2.05) is 11.3 Å². The minimum absolute atomic E-state index is 0.959. The first kappa shape index (κ1) is 12.3. The molecule has 0 aliphatic rings. The molecule has 1 aromatic heterocycles. The van der Waals surface area contributed by atoms with Crippen LogP contribution in [0.5, 0.6) is 0 Å². The maximum atomic E-state index is 3.47. The second-order valence-corrected chi connectivity index (χ2v) is 5.53. The number of aryl methyl sites for hydroxylation is 1. The summed E-state index contributed by atoms with van der Waals surface area (Å²) >= 11 is 1.87. The van der Waals surface area contributed by atoms with E-state index < -0.39 is 0 Å². The van der Waals surface area contributed by atoms with Gasteiger partial charge in [0.15, 0.2) is 0 Å². The zero-order valence-electron chi connectivity index (χ0n) is 10.5. The summed E-state index contributed by atoms with van der Waals surface area (Å²) in [6.45, 7) is 6.40. The van der Waals surface area contributed by atoms with Crippen molar-refractivity contribution in [2.45, 2.75) is 26.8 Å². The van der Waals surface area contributed by atoms with E-state index >= 15 is 0 Å². The van der Waals surface area contributed by atoms with Crippen molar-refractivity contribution in [1.82, 2.24) is 5.32 Å². The number of thiophene rings is 1. The highest BCUT2D eigenvalue weighted by molar-refractivity contribution is 7.15. The third kappa shape index (κ3) is 3.18. The van der Waals surface area contributed by atoms with Crippen LogP contribution in [0.1, 0.15) is 23.8 Å². The number of nitrogens with one attached hydrogen (secondary N) is 1. The van der Waals surface area contributed by atoms with Crippen LogP contribution in [-0.2, 0) is 6.54 Å². The van der Waals surface area contributed by atoms with Gasteiger partial charge in [0.1, 0.15) is 0 Å². The summed E-state index contributed by atoms with van der Waals surface area (Å²) in [4.78, 5) is 2.74. The van der Waals surface area contributed by atoms with Crippen molar-refractivity contribution in [1.29, 1.82) is 0 Å². The quantitative estimate of drug-likeness (QED) is 0.778. The molecule has 0 aliphatic heterocycles. The highest BCUT2D eigenvalue weighted by Crippen LogP contribution is 2.30. The second kappa shape index (κ2) is 5.99. The van der Waals surface area contributed by atoms with Crippen LogP contribution in [0.25, 0.3) is 10.4 Å². The first-order chi connectivity index (χ1) is 8.31. The Hall–Kier alpha value is -1.12. The molecule has 0 spiro atoms. The van der Waals surface area contributed by atoms with Crippen LogP contribution in [0.15, 0.2) is 36.4 Å². The van der Waals surface area contributed by atoms with Gasteiger partial charge in [-0.1, -0.05) is 31.2 Å². The molecule has 0 saturated carbocycles. The lowest BCUT2D eigenvalue weighted by Gasteiger charge is -2.08. The summed E-state index contributed by atoms with van der Waals surface area (Å²) in [5, 5.41) is 3.47. The van der Waals surface area contributed by atoms with Crippen LogP contribution in [0.4, 0.5) is 0 Å². The predicted molar refractivity (Wildman–Crippen MR) is 76.5 cm³/mol. The van der Waals surface area contributed by atoms with Gasteiger partial charge in [0, 0.05) is 16.3 Å². The Bertz CT molecular complexity index is 473. The third-order valence-electron chi connectivity index (χ3n) is 2.77. The summed E-state index contributed by atoms with van der Waals surface area (Å²) in [6.07, 6.45) is 1.18. The van der Waals surface area contributed by atoms with Crippen LogP contribution in [0, 0.1) is 6.92 Å². The zero-order valence-corrected chi connectivity index (χ0v) is 11.3. The highest BCUT2D eigenvalue weighted by atomic mass is 32.1. The Morgan fingerprint density at radius 3 is 2.65 bits per heavy atom. The predicted octanol–water partition coefficient (Wildman–Crippen LogP) is 4.22. The van der Waals surface area contributed by atoms with Crippen LogP contribution < -0.4 is 5.32 Å². The smallest absolute Gasteiger partial charge is 0.0348 e. The summed E-state index contributed by atoms with van der Waals surface area (Å²) < 4.78 is 0. The minimum atomic E-state index is 0.959. The molecule has 0 bridgehead atoms. The van der Waals surface area contributed by atoms with Crippen LogP contribution in [0.3, 0.4) is 0 Å². The van der Waals surface area contributed by atoms with Gasteiger partial charge >= 0.3 is 0 Å². The monoisotopic (exact) mass is 245 g/mol. The van der Waals surface area contributed by atoms with Gasteiger partial charge in [-0.2, -0.15) is 0 Å². The summed E-state index contributed by atoms with van der Waals surface area (Å²) in [6, 6.07) is 13.1. The van der Waals surface area contributed by atoms with Crippen molar-refractivity contribution in [3.8, 4) is 10.4 Å². The molecule has 2 heteroatoms. The van der Waals surface area contributed by atoms with Gasteiger partial charge in [-0.05, 0) is 43.1 Å². The van der Waals surface area contributed by atoms with E-state index in [9.17, 15) is 0 Å². The largest absolute Gasteiger partial charge is 0.313 e. The van der Waals surface area contributed by atoms with E-state index in [0.29, 0.717) is 0 Å². The normalized spacial score (nSPS) is 10.7. The molecule has 0 amide bonds. The molecular formula is C15H19NS. The van der Waals surface area contributed by atoms with E-state index in [1.165, 1.54) is 27.3 Å². The molecule has 1 aromatic carbocycles. The van der Waals surface area contributed by atoms with E-state index in [-0.39, 0.29) is 0 Å². The number of hydrogen-bond donors (Lipinski definition) is 1. The molecule has 0 saturated heterocycles. The Balaban J connectivity index is 2.21. The fourth-order valence-electron chi connectivity index (χ4n) is 1.89. The van der Waals surface area contributed by atoms with E-state index in [4.69, 9.17) is 0 Å². The first-order valence-electron chi connectivity index (χ1n) is 6.16. The Morgan fingerprint density at radius 1 is 1.12 bits per heavy atom. The van der Waals surface area contributed by atoms with Gasteiger partial charge in [-0.15, -0.1) is 11.3 Å². The highest BCUT2D eigenvalue weighted by Gasteiger charge is 2.05. The molecule has 1 N–H and O–H groups in total. The topological polar surface area (TPSA) is 12.0 Å². The summed E-state index contributed by atoms with van der Waals surface area (Å²) in [5.41, 5.74) is 2.76. The molecule has 0 unspecified atom stereocenters. The molecule has 0 fully saturated rings. The lowest BCUT2D eigenvalue weighted by molar-refractivity contribution is 0.676. The van der Waals surface area contributed by atoms with Crippen molar-refractivity contribution in [2.24, 2.45) is 0 Å². The van der Waals surface area contributed by atoms with Crippen LogP contribution in [-0.4, -0.2) is 6.54 Å². The van der Waals surface area contributed by atoms with E-state index in [0.717, 1.165) is 13.1 Å². The van der Waals surface area contributed by atoms with Crippen LogP contribution in [0.2, 0.25) is 0 Å². The van der Waals surface area contributed by atoms with E-state index in [1.54, 1.807) is 0 Å². The molecule has 2 aromatic rings. The molecular weight excluding hydrogens is 226 g/mol. The number of benzene rings is 1. The Labute approximate surface area is 108 Å². The molecule has 0 atom stereocenters. The van der Waals surface area contributed by atoms with Crippen LogP contribution >= 0.6 is 11.3 Å². The average molecular weight is 245 g/mol. The third-order valence-corrected chi connectivity index (χ3v) is 3.80. The maximum absolute atomic E-state index is 3.47.